The van der Waals surface area contributed by atoms with Gasteiger partial charge in [-0.05, 0) is 91.9 Å². The molecule has 0 spiro atoms. The van der Waals surface area contributed by atoms with E-state index in [-0.39, 0.29) is 11.2 Å². The fourth-order valence-corrected chi connectivity index (χ4v) is 8.50. The molecule has 0 N–H and O–H groups in total. The zero-order valence-electron chi connectivity index (χ0n) is 18.8. The Balaban J connectivity index is 1.37. The van der Waals surface area contributed by atoms with Gasteiger partial charge >= 0.3 is 0 Å². The molecular weight excluding hydrogens is 360 g/mol. The number of ether oxygens (including phenoxy) is 2. The monoisotopic (exact) mass is 400 g/mol. The smallest absolute Gasteiger partial charge is 0.168 e. The Kier molecular flexibility index (Phi) is 5.02. The standard InChI is InChI=1S/C26H40O3/c1-24-15-11-19(27)17-18(24)7-8-20-21-9-10-23(25(21,2)16-12-22(20)24)29-26(28-3)13-5-4-6-14-26/h11,15,18,20-23H,4-10,12-14,16-17H2,1-3H3/t18-,20-,21-,22-,23-,24-,25-/m0/s1. The summed E-state index contributed by atoms with van der Waals surface area (Å²) in [5.74, 6) is 2.90. The van der Waals surface area contributed by atoms with Crippen LogP contribution in [0.15, 0.2) is 12.2 Å². The third kappa shape index (κ3) is 3.09. The lowest BCUT2D eigenvalue weighted by molar-refractivity contribution is -0.280. The van der Waals surface area contributed by atoms with Crippen LogP contribution in [0.5, 0.6) is 0 Å². The minimum absolute atomic E-state index is 0.230. The van der Waals surface area contributed by atoms with Gasteiger partial charge in [0.15, 0.2) is 11.6 Å². The van der Waals surface area contributed by atoms with Crippen molar-refractivity contribution in [2.24, 2.45) is 34.5 Å². The average Bonchev–Trinajstić information content (AvgIpc) is 3.05. The Morgan fingerprint density at radius 3 is 2.48 bits per heavy atom. The first-order valence-electron chi connectivity index (χ1n) is 12.4. The maximum Gasteiger partial charge on any atom is 0.168 e. The number of allylic oxidation sites excluding steroid dienone is 2. The molecule has 3 heteroatoms. The predicted molar refractivity (Wildman–Crippen MR) is 114 cm³/mol. The lowest BCUT2D eigenvalue weighted by Gasteiger charge is -2.59. The molecule has 0 unspecified atom stereocenters. The van der Waals surface area contributed by atoms with Gasteiger partial charge in [-0.25, -0.2) is 0 Å². The van der Waals surface area contributed by atoms with Crippen LogP contribution >= 0.6 is 0 Å². The van der Waals surface area contributed by atoms with Gasteiger partial charge in [0.25, 0.3) is 0 Å². The maximum absolute atomic E-state index is 12.0. The average molecular weight is 401 g/mol. The van der Waals surface area contributed by atoms with Crippen molar-refractivity contribution in [1.29, 1.82) is 0 Å². The van der Waals surface area contributed by atoms with Crippen LogP contribution < -0.4 is 0 Å². The number of rotatable bonds is 3. The number of methoxy groups -OCH3 is 1. The first kappa shape index (κ1) is 20.2. The fraction of sp³-hybridized carbons (Fsp3) is 0.885. The second-order valence-corrected chi connectivity index (χ2v) is 11.4. The molecule has 0 aliphatic heterocycles. The van der Waals surface area contributed by atoms with Crippen molar-refractivity contribution in [2.75, 3.05) is 7.11 Å². The zero-order valence-corrected chi connectivity index (χ0v) is 18.8. The van der Waals surface area contributed by atoms with Crippen LogP contribution in [0, 0.1) is 34.5 Å². The Morgan fingerprint density at radius 1 is 0.931 bits per heavy atom. The van der Waals surface area contributed by atoms with Crippen LogP contribution in [0.2, 0.25) is 0 Å². The molecule has 0 saturated heterocycles. The van der Waals surface area contributed by atoms with Crippen molar-refractivity contribution in [2.45, 2.75) is 103 Å². The van der Waals surface area contributed by atoms with Crippen LogP contribution in [0.3, 0.4) is 0 Å². The number of hydrogen-bond acceptors (Lipinski definition) is 3. The normalized spacial score (nSPS) is 48.7. The van der Waals surface area contributed by atoms with E-state index >= 15 is 0 Å². The van der Waals surface area contributed by atoms with Gasteiger partial charge in [0.2, 0.25) is 0 Å². The summed E-state index contributed by atoms with van der Waals surface area (Å²) in [6, 6.07) is 0. The Bertz CT molecular complexity index is 677. The number of hydrogen-bond donors (Lipinski definition) is 0. The molecule has 0 radical (unpaired) electrons. The molecule has 5 aliphatic carbocycles. The lowest BCUT2D eigenvalue weighted by atomic mass is 9.46. The SMILES string of the molecule is COC1(O[C@H]2CC[C@H]3[C@@H]4CC[C@H]5CC(=O)C=C[C@]5(C)[C@H]4CC[C@]23C)CCCCC1. The fourth-order valence-electron chi connectivity index (χ4n) is 8.50. The highest BCUT2D eigenvalue weighted by Gasteiger charge is 2.60. The quantitative estimate of drug-likeness (QED) is 0.540. The molecule has 3 nitrogen and oxygen atoms in total. The van der Waals surface area contributed by atoms with E-state index in [0.717, 1.165) is 37.0 Å². The molecule has 162 valence electrons. The molecule has 4 fully saturated rings. The first-order valence-corrected chi connectivity index (χ1v) is 12.4. The Morgan fingerprint density at radius 2 is 1.72 bits per heavy atom. The van der Waals surface area contributed by atoms with Gasteiger partial charge in [-0.3, -0.25) is 4.79 Å². The lowest BCUT2D eigenvalue weighted by Crippen LogP contribution is -2.54. The molecule has 0 heterocycles. The molecule has 0 bridgehead atoms. The second kappa shape index (κ2) is 7.19. The van der Waals surface area contributed by atoms with Gasteiger partial charge < -0.3 is 9.47 Å². The van der Waals surface area contributed by atoms with Crippen LogP contribution in [0.25, 0.3) is 0 Å². The predicted octanol–water partition coefficient (Wildman–Crippen LogP) is 6.07. The van der Waals surface area contributed by atoms with E-state index in [1.807, 2.05) is 13.2 Å². The highest BCUT2D eigenvalue weighted by atomic mass is 16.7. The zero-order chi connectivity index (χ0) is 20.3. The van der Waals surface area contributed by atoms with Crippen LogP contribution in [-0.2, 0) is 14.3 Å². The largest absolute Gasteiger partial charge is 0.353 e. The van der Waals surface area contributed by atoms with E-state index in [1.165, 1.54) is 57.8 Å². The van der Waals surface area contributed by atoms with Gasteiger partial charge in [-0.1, -0.05) is 26.3 Å². The molecule has 29 heavy (non-hydrogen) atoms. The molecule has 5 rings (SSSR count). The number of ketones is 1. The molecule has 7 atom stereocenters. The van der Waals surface area contributed by atoms with E-state index in [4.69, 9.17) is 9.47 Å². The molecule has 0 aromatic carbocycles. The summed E-state index contributed by atoms with van der Waals surface area (Å²) in [7, 11) is 1.86. The van der Waals surface area contributed by atoms with Gasteiger partial charge in [0.05, 0.1) is 6.10 Å². The van der Waals surface area contributed by atoms with Crippen molar-refractivity contribution in [1.82, 2.24) is 0 Å². The minimum Gasteiger partial charge on any atom is -0.353 e. The van der Waals surface area contributed by atoms with Crippen LogP contribution in [0.4, 0.5) is 0 Å². The Hall–Kier alpha value is -0.670. The van der Waals surface area contributed by atoms with Crippen molar-refractivity contribution in [3.05, 3.63) is 12.2 Å². The summed E-state index contributed by atoms with van der Waals surface area (Å²) >= 11 is 0. The molecule has 0 aromatic heterocycles. The maximum atomic E-state index is 12.0. The van der Waals surface area contributed by atoms with Gasteiger partial charge in [0, 0.05) is 26.4 Å². The van der Waals surface area contributed by atoms with E-state index in [9.17, 15) is 4.79 Å². The highest BCUT2D eigenvalue weighted by molar-refractivity contribution is 5.91. The van der Waals surface area contributed by atoms with E-state index in [0.29, 0.717) is 23.2 Å². The number of fused-ring (bicyclic) bond motifs is 5. The summed E-state index contributed by atoms with van der Waals surface area (Å²) < 4.78 is 12.9. The second-order valence-electron chi connectivity index (χ2n) is 11.4. The summed E-state index contributed by atoms with van der Waals surface area (Å²) in [4.78, 5) is 12.0. The number of carbonyl (C=O) groups excluding carboxylic acids is 1. The molecular formula is C26H40O3. The molecule has 5 aliphatic rings. The van der Waals surface area contributed by atoms with Crippen molar-refractivity contribution in [3.63, 3.8) is 0 Å². The third-order valence-electron chi connectivity index (χ3n) is 10.3. The number of carbonyl (C=O) groups is 1. The third-order valence-corrected chi connectivity index (χ3v) is 10.3. The minimum atomic E-state index is -0.326. The van der Waals surface area contributed by atoms with E-state index < -0.39 is 0 Å². The van der Waals surface area contributed by atoms with E-state index in [2.05, 4.69) is 19.9 Å². The molecule has 0 aromatic rings. The summed E-state index contributed by atoms with van der Waals surface area (Å²) in [5.41, 5.74) is 0.524. The van der Waals surface area contributed by atoms with Crippen molar-refractivity contribution < 1.29 is 14.3 Å². The van der Waals surface area contributed by atoms with Gasteiger partial charge in [-0.15, -0.1) is 0 Å². The first-order chi connectivity index (χ1) is 13.9. The highest BCUT2D eigenvalue weighted by Crippen LogP contribution is 2.66. The van der Waals surface area contributed by atoms with E-state index in [1.54, 1.807) is 0 Å². The van der Waals surface area contributed by atoms with Crippen LogP contribution in [-0.4, -0.2) is 24.8 Å². The van der Waals surface area contributed by atoms with Crippen molar-refractivity contribution in [3.8, 4) is 0 Å². The summed E-state index contributed by atoms with van der Waals surface area (Å²) in [5, 5.41) is 0. The topological polar surface area (TPSA) is 35.5 Å². The molecule has 4 saturated carbocycles. The van der Waals surface area contributed by atoms with Gasteiger partial charge in [-0.2, -0.15) is 0 Å². The van der Waals surface area contributed by atoms with Crippen molar-refractivity contribution >= 4 is 5.78 Å². The summed E-state index contributed by atoms with van der Waals surface area (Å²) in [6.45, 7) is 5.00. The Labute approximate surface area is 177 Å². The summed E-state index contributed by atoms with van der Waals surface area (Å²) in [6.07, 6.45) is 18.9. The molecule has 0 amide bonds. The van der Waals surface area contributed by atoms with Crippen LogP contribution in [0.1, 0.15) is 90.9 Å². The van der Waals surface area contributed by atoms with Gasteiger partial charge in [0.1, 0.15) is 0 Å².